The number of hydrogen-bond acceptors (Lipinski definition) is 3. The zero-order chi connectivity index (χ0) is 12.8. The van der Waals surface area contributed by atoms with Gasteiger partial charge in [-0.1, -0.05) is 12.8 Å². The third kappa shape index (κ3) is 3.95. The molecule has 4 nitrogen and oxygen atoms in total. The molecular weight excluding hydrogens is 226 g/mol. The van der Waals surface area contributed by atoms with Crippen molar-refractivity contribution >= 4 is 5.91 Å². The van der Waals surface area contributed by atoms with Gasteiger partial charge in [-0.2, -0.15) is 0 Å². The van der Waals surface area contributed by atoms with Crippen LogP contribution >= 0.6 is 0 Å². The lowest BCUT2D eigenvalue weighted by molar-refractivity contribution is -0.127. The standard InChI is InChI=1S/C14H27N3O/c15-11-13-10-14(18)17(12-13)9-5-8-16-6-3-1-2-4-7-16/h13H,1-12,15H2. The molecule has 104 valence electrons. The predicted molar refractivity (Wildman–Crippen MR) is 73.3 cm³/mol. The Labute approximate surface area is 110 Å². The number of hydrogen-bond donors (Lipinski definition) is 1. The molecule has 4 heteroatoms. The van der Waals surface area contributed by atoms with Crippen molar-refractivity contribution in [3.8, 4) is 0 Å². The quantitative estimate of drug-likeness (QED) is 0.797. The fourth-order valence-corrected chi connectivity index (χ4v) is 3.07. The van der Waals surface area contributed by atoms with E-state index in [1.807, 2.05) is 4.90 Å². The minimum atomic E-state index is 0.307. The SMILES string of the molecule is NCC1CC(=O)N(CCCN2CCCCCC2)C1. The molecule has 2 aliphatic heterocycles. The lowest BCUT2D eigenvalue weighted by Gasteiger charge is -2.22. The van der Waals surface area contributed by atoms with Gasteiger partial charge in [0.1, 0.15) is 0 Å². The molecule has 2 saturated heterocycles. The Balaban J connectivity index is 1.64. The molecule has 2 N–H and O–H groups in total. The van der Waals surface area contributed by atoms with Crippen molar-refractivity contribution in [2.45, 2.75) is 38.5 Å². The predicted octanol–water partition coefficient (Wildman–Crippen LogP) is 1.06. The maximum Gasteiger partial charge on any atom is 0.222 e. The summed E-state index contributed by atoms with van der Waals surface area (Å²) in [5.74, 6) is 0.706. The number of carbonyl (C=O) groups is 1. The van der Waals surface area contributed by atoms with Gasteiger partial charge in [-0.15, -0.1) is 0 Å². The topological polar surface area (TPSA) is 49.6 Å². The first-order chi connectivity index (χ1) is 8.79. The van der Waals surface area contributed by atoms with E-state index in [1.165, 1.54) is 38.8 Å². The smallest absolute Gasteiger partial charge is 0.222 e. The minimum Gasteiger partial charge on any atom is -0.342 e. The molecule has 2 aliphatic rings. The molecule has 0 aromatic heterocycles. The van der Waals surface area contributed by atoms with E-state index in [1.54, 1.807) is 0 Å². The first kappa shape index (κ1) is 13.8. The van der Waals surface area contributed by atoms with Crippen molar-refractivity contribution in [1.29, 1.82) is 0 Å². The summed E-state index contributed by atoms with van der Waals surface area (Å²) in [6.45, 7) is 6.10. The fraction of sp³-hybridized carbons (Fsp3) is 0.929. The van der Waals surface area contributed by atoms with E-state index >= 15 is 0 Å². The summed E-state index contributed by atoms with van der Waals surface area (Å²) in [6, 6.07) is 0. The van der Waals surface area contributed by atoms with Crippen LogP contribution in [0, 0.1) is 5.92 Å². The molecule has 1 amide bonds. The highest BCUT2D eigenvalue weighted by molar-refractivity contribution is 5.78. The third-order valence-corrected chi connectivity index (χ3v) is 4.23. The van der Waals surface area contributed by atoms with Crippen molar-refractivity contribution in [1.82, 2.24) is 9.80 Å². The summed E-state index contributed by atoms with van der Waals surface area (Å²) in [7, 11) is 0. The molecule has 1 unspecified atom stereocenters. The van der Waals surface area contributed by atoms with E-state index in [0.717, 1.165) is 26.1 Å². The van der Waals surface area contributed by atoms with Crippen LogP contribution in [0.15, 0.2) is 0 Å². The van der Waals surface area contributed by atoms with Gasteiger partial charge in [0.2, 0.25) is 5.91 Å². The van der Waals surface area contributed by atoms with E-state index in [0.29, 0.717) is 24.8 Å². The molecule has 0 saturated carbocycles. The van der Waals surface area contributed by atoms with Crippen molar-refractivity contribution in [3.63, 3.8) is 0 Å². The summed E-state index contributed by atoms with van der Waals surface area (Å²) in [6.07, 6.45) is 7.25. The van der Waals surface area contributed by atoms with E-state index in [2.05, 4.69) is 4.90 Å². The average Bonchev–Trinajstić information content (AvgIpc) is 2.58. The first-order valence-electron chi connectivity index (χ1n) is 7.50. The lowest BCUT2D eigenvalue weighted by atomic mass is 10.1. The maximum atomic E-state index is 11.7. The van der Waals surface area contributed by atoms with Crippen LogP contribution in [-0.4, -0.2) is 55.0 Å². The summed E-state index contributed by atoms with van der Waals surface area (Å²) < 4.78 is 0. The maximum absolute atomic E-state index is 11.7. The summed E-state index contributed by atoms with van der Waals surface area (Å²) in [5, 5.41) is 0. The van der Waals surface area contributed by atoms with Crippen molar-refractivity contribution in [3.05, 3.63) is 0 Å². The van der Waals surface area contributed by atoms with Crippen LogP contribution < -0.4 is 5.73 Å². The second-order valence-corrected chi connectivity index (χ2v) is 5.76. The van der Waals surface area contributed by atoms with Gasteiger partial charge in [-0.3, -0.25) is 4.79 Å². The van der Waals surface area contributed by atoms with Crippen LogP contribution in [0.4, 0.5) is 0 Å². The highest BCUT2D eigenvalue weighted by Crippen LogP contribution is 2.17. The number of carbonyl (C=O) groups excluding carboxylic acids is 1. The second kappa shape index (κ2) is 7.10. The van der Waals surface area contributed by atoms with Crippen LogP contribution in [0.25, 0.3) is 0 Å². The van der Waals surface area contributed by atoms with Gasteiger partial charge in [0.15, 0.2) is 0 Å². The van der Waals surface area contributed by atoms with Gasteiger partial charge in [0, 0.05) is 19.5 Å². The zero-order valence-corrected chi connectivity index (χ0v) is 11.4. The van der Waals surface area contributed by atoms with Crippen LogP contribution in [0.3, 0.4) is 0 Å². The van der Waals surface area contributed by atoms with E-state index in [9.17, 15) is 4.79 Å². The van der Waals surface area contributed by atoms with Crippen molar-refractivity contribution < 1.29 is 4.79 Å². The molecule has 0 aliphatic carbocycles. The van der Waals surface area contributed by atoms with Crippen LogP contribution in [0.2, 0.25) is 0 Å². The van der Waals surface area contributed by atoms with Crippen LogP contribution in [0.1, 0.15) is 38.5 Å². The average molecular weight is 253 g/mol. The van der Waals surface area contributed by atoms with Gasteiger partial charge < -0.3 is 15.5 Å². The van der Waals surface area contributed by atoms with Gasteiger partial charge in [0.25, 0.3) is 0 Å². The highest BCUT2D eigenvalue weighted by atomic mass is 16.2. The molecule has 2 heterocycles. The molecule has 1 atom stereocenters. The Bertz CT molecular complexity index is 262. The summed E-state index contributed by atoms with van der Waals surface area (Å²) in [5.41, 5.74) is 5.63. The van der Waals surface area contributed by atoms with Crippen LogP contribution in [0.5, 0.6) is 0 Å². The second-order valence-electron chi connectivity index (χ2n) is 5.76. The lowest BCUT2D eigenvalue weighted by Crippen LogP contribution is -2.32. The molecular formula is C14H27N3O. The molecule has 0 radical (unpaired) electrons. The largest absolute Gasteiger partial charge is 0.342 e. The number of rotatable bonds is 5. The molecule has 2 rings (SSSR count). The first-order valence-corrected chi connectivity index (χ1v) is 7.50. The van der Waals surface area contributed by atoms with Gasteiger partial charge in [0.05, 0.1) is 0 Å². The zero-order valence-electron chi connectivity index (χ0n) is 11.4. The van der Waals surface area contributed by atoms with Gasteiger partial charge >= 0.3 is 0 Å². The fourth-order valence-electron chi connectivity index (χ4n) is 3.07. The highest BCUT2D eigenvalue weighted by Gasteiger charge is 2.27. The number of amides is 1. The monoisotopic (exact) mass is 253 g/mol. The normalized spacial score (nSPS) is 26.6. The number of nitrogens with two attached hydrogens (primary N) is 1. The van der Waals surface area contributed by atoms with Crippen LogP contribution in [-0.2, 0) is 4.79 Å². The Kier molecular flexibility index (Phi) is 5.45. The van der Waals surface area contributed by atoms with Crippen molar-refractivity contribution in [2.75, 3.05) is 39.3 Å². The Morgan fingerprint density at radius 2 is 1.83 bits per heavy atom. The molecule has 0 aromatic rings. The summed E-state index contributed by atoms with van der Waals surface area (Å²) >= 11 is 0. The van der Waals surface area contributed by atoms with E-state index in [4.69, 9.17) is 5.73 Å². The molecule has 0 aromatic carbocycles. The third-order valence-electron chi connectivity index (χ3n) is 4.23. The number of likely N-dealkylation sites (tertiary alicyclic amines) is 2. The van der Waals surface area contributed by atoms with Gasteiger partial charge in [-0.05, 0) is 51.4 Å². The van der Waals surface area contributed by atoms with Gasteiger partial charge in [-0.25, -0.2) is 0 Å². The molecule has 18 heavy (non-hydrogen) atoms. The van der Waals surface area contributed by atoms with E-state index < -0.39 is 0 Å². The minimum absolute atomic E-state index is 0.307. The molecule has 2 fully saturated rings. The Morgan fingerprint density at radius 3 is 2.44 bits per heavy atom. The van der Waals surface area contributed by atoms with Crippen molar-refractivity contribution in [2.24, 2.45) is 11.7 Å². The molecule has 0 bridgehead atoms. The Morgan fingerprint density at radius 1 is 1.11 bits per heavy atom. The Hall–Kier alpha value is -0.610. The van der Waals surface area contributed by atoms with E-state index in [-0.39, 0.29) is 0 Å². The number of nitrogens with zero attached hydrogens (tertiary/aromatic N) is 2. The summed E-state index contributed by atoms with van der Waals surface area (Å²) in [4.78, 5) is 16.3. The molecule has 0 spiro atoms.